The molecule has 2 heterocycles. The summed E-state index contributed by atoms with van der Waals surface area (Å²) in [6, 6.07) is 3.03. The third-order valence-corrected chi connectivity index (χ3v) is 3.27. The van der Waals surface area contributed by atoms with Crippen molar-refractivity contribution in [1.82, 2.24) is 10.2 Å². The number of rotatable bonds is 3. The summed E-state index contributed by atoms with van der Waals surface area (Å²) in [7, 11) is 1.52. The summed E-state index contributed by atoms with van der Waals surface area (Å²) >= 11 is 0. The number of benzene rings is 1. The number of imide groups is 1. The number of carbonyl (C=O) groups excluding carboxylic acids is 2. The third-order valence-electron chi connectivity index (χ3n) is 3.27. The van der Waals surface area contributed by atoms with Crippen LogP contribution in [0.4, 0.5) is 4.79 Å². The lowest BCUT2D eigenvalue weighted by atomic mass is 10.1. The van der Waals surface area contributed by atoms with E-state index in [2.05, 4.69) is 5.32 Å². The maximum Gasteiger partial charge on any atom is 0.328 e. The maximum atomic E-state index is 12.0. The number of ether oxygens (including phenoxy) is 3. The second-order valence-electron chi connectivity index (χ2n) is 4.49. The molecule has 2 aliphatic heterocycles. The summed E-state index contributed by atoms with van der Waals surface area (Å²) in [5.74, 6) is 1.25. The maximum absolute atomic E-state index is 12.0. The van der Waals surface area contributed by atoms with Crippen LogP contribution in [0.5, 0.6) is 17.2 Å². The number of methoxy groups -OCH3 is 1. The van der Waals surface area contributed by atoms with Crippen LogP contribution in [0.3, 0.4) is 0 Å². The molecule has 0 spiro atoms. The van der Waals surface area contributed by atoms with E-state index in [0.717, 1.165) is 4.90 Å². The molecule has 1 aromatic rings. The molecule has 21 heavy (non-hydrogen) atoms. The van der Waals surface area contributed by atoms with E-state index in [1.807, 2.05) is 0 Å². The summed E-state index contributed by atoms with van der Waals surface area (Å²) in [6.45, 7) is 2.20. The van der Waals surface area contributed by atoms with E-state index in [1.165, 1.54) is 7.11 Å². The minimum atomic E-state index is -0.415. The molecular weight excluding hydrogens is 276 g/mol. The first kappa shape index (κ1) is 13.3. The van der Waals surface area contributed by atoms with Crippen LogP contribution in [0, 0.1) is 0 Å². The number of likely N-dealkylation sites (N-methyl/N-ethyl adjacent to an activating group) is 1. The number of hydrogen-bond donors (Lipinski definition) is 1. The topological polar surface area (TPSA) is 77.1 Å². The van der Waals surface area contributed by atoms with E-state index in [9.17, 15) is 9.59 Å². The standard InChI is InChI=1S/C14H14N2O5/c1-3-16-13(17)9(15-14(16)18)4-8-5-10(19-2)12-11(6-8)20-7-21-12/h4-6H,3,7H2,1-2H3,(H,15,18)/b9-4-. The van der Waals surface area contributed by atoms with Crippen LogP contribution in [-0.2, 0) is 4.79 Å². The zero-order valence-electron chi connectivity index (χ0n) is 11.6. The molecule has 7 nitrogen and oxygen atoms in total. The van der Waals surface area contributed by atoms with Gasteiger partial charge in [-0.05, 0) is 30.7 Å². The van der Waals surface area contributed by atoms with Crippen molar-refractivity contribution in [3.63, 3.8) is 0 Å². The molecule has 1 N–H and O–H groups in total. The monoisotopic (exact) mass is 290 g/mol. The van der Waals surface area contributed by atoms with Crippen LogP contribution in [0.25, 0.3) is 6.08 Å². The highest BCUT2D eigenvalue weighted by Gasteiger charge is 2.32. The minimum absolute atomic E-state index is 0.130. The van der Waals surface area contributed by atoms with Crippen LogP contribution in [0.2, 0.25) is 0 Å². The third kappa shape index (κ3) is 2.16. The second kappa shape index (κ2) is 5.01. The van der Waals surface area contributed by atoms with Gasteiger partial charge in [-0.15, -0.1) is 0 Å². The molecular formula is C14H14N2O5. The molecule has 1 saturated heterocycles. The molecule has 3 amide bonds. The van der Waals surface area contributed by atoms with E-state index >= 15 is 0 Å². The quantitative estimate of drug-likeness (QED) is 0.671. The second-order valence-corrected chi connectivity index (χ2v) is 4.49. The van der Waals surface area contributed by atoms with E-state index in [0.29, 0.717) is 29.4 Å². The lowest BCUT2D eigenvalue weighted by molar-refractivity contribution is -0.122. The van der Waals surface area contributed by atoms with Crippen molar-refractivity contribution >= 4 is 18.0 Å². The number of amides is 3. The number of fused-ring (bicyclic) bond motifs is 1. The lowest BCUT2D eigenvalue weighted by Crippen LogP contribution is -2.30. The Kier molecular flexibility index (Phi) is 3.17. The van der Waals surface area contributed by atoms with Crippen LogP contribution >= 0.6 is 0 Å². The van der Waals surface area contributed by atoms with Crippen molar-refractivity contribution in [1.29, 1.82) is 0 Å². The fourth-order valence-electron chi connectivity index (χ4n) is 2.26. The average Bonchev–Trinajstić information content (AvgIpc) is 3.03. The molecule has 1 aromatic carbocycles. The van der Waals surface area contributed by atoms with Crippen molar-refractivity contribution in [2.45, 2.75) is 6.92 Å². The predicted octanol–water partition coefficient (Wildman–Crippen LogP) is 1.34. The van der Waals surface area contributed by atoms with Crippen molar-refractivity contribution < 1.29 is 23.8 Å². The van der Waals surface area contributed by atoms with Crippen LogP contribution in [-0.4, -0.2) is 37.3 Å². The van der Waals surface area contributed by atoms with Gasteiger partial charge in [0.2, 0.25) is 12.5 Å². The molecule has 0 saturated carbocycles. The van der Waals surface area contributed by atoms with Crippen LogP contribution in [0.1, 0.15) is 12.5 Å². The smallest absolute Gasteiger partial charge is 0.328 e. The van der Waals surface area contributed by atoms with Crippen molar-refractivity contribution in [3.05, 3.63) is 23.4 Å². The minimum Gasteiger partial charge on any atom is -0.493 e. The fourth-order valence-corrected chi connectivity index (χ4v) is 2.26. The number of nitrogens with zero attached hydrogens (tertiary/aromatic N) is 1. The summed E-state index contributed by atoms with van der Waals surface area (Å²) < 4.78 is 15.9. The largest absolute Gasteiger partial charge is 0.493 e. The van der Waals surface area contributed by atoms with E-state index < -0.39 is 6.03 Å². The van der Waals surface area contributed by atoms with Gasteiger partial charge in [0, 0.05) is 6.54 Å². The first-order valence-corrected chi connectivity index (χ1v) is 6.46. The van der Waals surface area contributed by atoms with Gasteiger partial charge in [0.15, 0.2) is 11.5 Å². The number of hydrogen-bond acceptors (Lipinski definition) is 5. The highest BCUT2D eigenvalue weighted by molar-refractivity contribution is 6.13. The number of nitrogens with one attached hydrogen (secondary N) is 1. The van der Waals surface area contributed by atoms with Gasteiger partial charge in [-0.3, -0.25) is 9.69 Å². The average molecular weight is 290 g/mol. The molecule has 3 rings (SSSR count). The first-order valence-electron chi connectivity index (χ1n) is 6.46. The van der Waals surface area contributed by atoms with Crippen molar-refractivity contribution in [3.8, 4) is 17.2 Å². The Morgan fingerprint density at radius 3 is 2.86 bits per heavy atom. The fraction of sp³-hybridized carbons (Fsp3) is 0.286. The number of carbonyl (C=O) groups is 2. The lowest BCUT2D eigenvalue weighted by Gasteiger charge is -2.07. The Bertz CT molecular complexity index is 653. The normalized spacial score (nSPS) is 18.4. The van der Waals surface area contributed by atoms with E-state index in [-0.39, 0.29) is 18.4 Å². The predicted molar refractivity (Wildman–Crippen MR) is 73.0 cm³/mol. The molecule has 0 atom stereocenters. The highest BCUT2D eigenvalue weighted by atomic mass is 16.7. The van der Waals surface area contributed by atoms with Crippen molar-refractivity contribution in [2.75, 3.05) is 20.4 Å². The van der Waals surface area contributed by atoms with E-state index in [1.54, 1.807) is 25.1 Å². The summed E-state index contributed by atoms with van der Waals surface area (Å²) in [5.41, 5.74) is 0.903. The molecule has 0 bridgehead atoms. The van der Waals surface area contributed by atoms with Gasteiger partial charge in [-0.1, -0.05) is 0 Å². The number of urea groups is 1. The van der Waals surface area contributed by atoms with Gasteiger partial charge in [0.05, 0.1) is 7.11 Å². The van der Waals surface area contributed by atoms with Crippen LogP contribution in [0.15, 0.2) is 17.8 Å². The molecule has 2 aliphatic rings. The van der Waals surface area contributed by atoms with E-state index in [4.69, 9.17) is 14.2 Å². The van der Waals surface area contributed by atoms with Gasteiger partial charge in [0.25, 0.3) is 5.91 Å². The molecule has 0 aliphatic carbocycles. The van der Waals surface area contributed by atoms with Gasteiger partial charge >= 0.3 is 6.03 Å². The van der Waals surface area contributed by atoms with Crippen molar-refractivity contribution in [2.24, 2.45) is 0 Å². The molecule has 0 aromatic heterocycles. The van der Waals surface area contributed by atoms with Gasteiger partial charge < -0.3 is 19.5 Å². The SMILES string of the molecule is CCN1C(=O)N/C(=C\c2cc(OC)c3c(c2)OCO3)C1=O. The van der Waals surface area contributed by atoms with Gasteiger partial charge in [0.1, 0.15) is 5.70 Å². The summed E-state index contributed by atoms with van der Waals surface area (Å²) in [5, 5.41) is 2.54. The molecule has 7 heteroatoms. The zero-order valence-corrected chi connectivity index (χ0v) is 11.6. The van der Waals surface area contributed by atoms with Gasteiger partial charge in [-0.2, -0.15) is 0 Å². The Labute approximate surface area is 121 Å². The molecule has 0 unspecified atom stereocenters. The molecule has 0 radical (unpaired) electrons. The Balaban J connectivity index is 1.97. The summed E-state index contributed by atoms with van der Waals surface area (Å²) in [6.07, 6.45) is 1.58. The Morgan fingerprint density at radius 1 is 1.38 bits per heavy atom. The highest BCUT2D eigenvalue weighted by Crippen LogP contribution is 2.42. The first-order chi connectivity index (χ1) is 10.1. The van der Waals surface area contributed by atoms with Gasteiger partial charge in [-0.25, -0.2) is 4.79 Å². The zero-order chi connectivity index (χ0) is 15.0. The molecule has 1 fully saturated rings. The summed E-state index contributed by atoms with van der Waals surface area (Å²) in [4.78, 5) is 24.8. The molecule has 110 valence electrons. The van der Waals surface area contributed by atoms with Crippen LogP contribution < -0.4 is 19.5 Å². The Hall–Kier alpha value is -2.70. The Morgan fingerprint density at radius 2 is 2.19 bits per heavy atom.